The molecule has 2 amide bonds. The quantitative estimate of drug-likeness (QED) is 0.815. The van der Waals surface area contributed by atoms with Crippen molar-refractivity contribution in [2.75, 3.05) is 42.9 Å². The van der Waals surface area contributed by atoms with E-state index in [0.717, 1.165) is 52.0 Å². The fourth-order valence-corrected chi connectivity index (χ4v) is 4.14. The molecule has 0 aliphatic carbocycles. The number of piperazine rings is 1. The second kappa shape index (κ2) is 9.26. The van der Waals surface area contributed by atoms with Crippen LogP contribution in [0.25, 0.3) is 0 Å². The second-order valence-electron chi connectivity index (χ2n) is 8.00. The van der Waals surface area contributed by atoms with Crippen molar-refractivity contribution >= 4 is 23.3 Å². The van der Waals surface area contributed by atoms with Gasteiger partial charge in [0.05, 0.1) is 11.3 Å². The summed E-state index contributed by atoms with van der Waals surface area (Å²) in [5, 5.41) is 6.33. The maximum absolute atomic E-state index is 13.2. The van der Waals surface area contributed by atoms with Crippen LogP contribution in [0.5, 0.6) is 0 Å². The summed E-state index contributed by atoms with van der Waals surface area (Å²) in [6, 6.07) is 11.1. The standard InChI is InChI=1S/C23H29N5O2/c1-17-7-5-6-12-28(17)23(30)19-15-20(26-22(29)18-8-3-2-4-9-18)21(25-16-19)27-13-10-24-11-14-27/h2-4,8-9,15-17,24H,5-7,10-14H2,1H3,(H,26,29). The number of rotatable bonds is 4. The first-order valence-corrected chi connectivity index (χ1v) is 10.8. The lowest BCUT2D eigenvalue weighted by atomic mass is 10.0. The van der Waals surface area contributed by atoms with E-state index in [9.17, 15) is 9.59 Å². The lowest BCUT2D eigenvalue weighted by molar-refractivity contribution is 0.0635. The Balaban J connectivity index is 1.64. The van der Waals surface area contributed by atoms with E-state index in [2.05, 4.69) is 27.4 Å². The van der Waals surface area contributed by atoms with Gasteiger partial charge in [0.2, 0.25) is 0 Å². The van der Waals surface area contributed by atoms with E-state index in [1.165, 1.54) is 0 Å². The SMILES string of the molecule is CC1CCCCN1C(=O)c1cnc(N2CCNCC2)c(NC(=O)c2ccccc2)c1. The number of piperidine rings is 1. The summed E-state index contributed by atoms with van der Waals surface area (Å²) in [5.41, 5.74) is 1.68. The van der Waals surface area contributed by atoms with Crippen LogP contribution in [0.1, 0.15) is 46.9 Å². The molecule has 7 heteroatoms. The summed E-state index contributed by atoms with van der Waals surface area (Å²) >= 11 is 0. The molecule has 2 aromatic rings. The first-order chi connectivity index (χ1) is 14.6. The van der Waals surface area contributed by atoms with Gasteiger partial charge in [0.15, 0.2) is 5.82 Å². The zero-order chi connectivity index (χ0) is 20.9. The Kier molecular flexibility index (Phi) is 6.28. The molecule has 0 radical (unpaired) electrons. The van der Waals surface area contributed by atoms with Crippen LogP contribution in [0.4, 0.5) is 11.5 Å². The Hall–Kier alpha value is -2.93. The Labute approximate surface area is 177 Å². The molecule has 1 aromatic heterocycles. The number of carbonyl (C=O) groups excluding carboxylic acids is 2. The summed E-state index contributed by atoms with van der Waals surface area (Å²) in [5.74, 6) is 0.491. The largest absolute Gasteiger partial charge is 0.352 e. The number of pyridine rings is 1. The summed E-state index contributed by atoms with van der Waals surface area (Å²) < 4.78 is 0. The van der Waals surface area contributed by atoms with Crippen molar-refractivity contribution in [3.05, 3.63) is 53.7 Å². The van der Waals surface area contributed by atoms with Crippen LogP contribution in [-0.4, -0.2) is 60.5 Å². The molecule has 2 N–H and O–H groups in total. The van der Waals surface area contributed by atoms with Gasteiger partial charge in [-0.2, -0.15) is 0 Å². The van der Waals surface area contributed by atoms with Gasteiger partial charge in [-0.25, -0.2) is 4.98 Å². The monoisotopic (exact) mass is 407 g/mol. The van der Waals surface area contributed by atoms with Crippen LogP contribution >= 0.6 is 0 Å². The molecule has 158 valence electrons. The van der Waals surface area contributed by atoms with E-state index in [1.54, 1.807) is 24.4 Å². The van der Waals surface area contributed by atoms with Gasteiger partial charge in [0.1, 0.15) is 0 Å². The Morgan fingerprint density at radius 1 is 1.07 bits per heavy atom. The molecular weight excluding hydrogens is 378 g/mol. The predicted octanol–water partition coefficient (Wildman–Crippen LogP) is 2.76. The van der Waals surface area contributed by atoms with Gasteiger partial charge in [0, 0.05) is 50.5 Å². The zero-order valence-electron chi connectivity index (χ0n) is 17.4. The van der Waals surface area contributed by atoms with E-state index in [4.69, 9.17) is 0 Å². The summed E-state index contributed by atoms with van der Waals surface area (Å²) in [6.45, 7) is 6.19. The van der Waals surface area contributed by atoms with Crippen LogP contribution in [0.15, 0.2) is 42.6 Å². The smallest absolute Gasteiger partial charge is 0.255 e. The molecule has 1 atom stereocenters. The van der Waals surface area contributed by atoms with Gasteiger partial charge in [0.25, 0.3) is 11.8 Å². The fourth-order valence-electron chi connectivity index (χ4n) is 4.14. The number of benzene rings is 1. The van der Waals surface area contributed by atoms with Crippen LogP contribution in [0.2, 0.25) is 0 Å². The topological polar surface area (TPSA) is 77.6 Å². The highest BCUT2D eigenvalue weighted by Gasteiger charge is 2.26. The number of likely N-dealkylation sites (tertiary alicyclic amines) is 1. The van der Waals surface area contributed by atoms with Gasteiger partial charge in [-0.05, 0) is 44.4 Å². The van der Waals surface area contributed by atoms with Crippen LogP contribution in [-0.2, 0) is 0 Å². The van der Waals surface area contributed by atoms with Crippen molar-refractivity contribution in [1.82, 2.24) is 15.2 Å². The lowest BCUT2D eigenvalue weighted by Crippen LogP contribution is -2.44. The van der Waals surface area contributed by atoms with Gasteiger partial charge in [-0.1, -0.05) is 18.2 Å². The van der Waals surface area contributed by atoms with E-state index in [0.29, 0.717) is 22.6 Å². The molecule has 0 saturated carbocycles. The van der Waals surface area contributed by atoms with Crippen molar-refractivity contribution in [2.45, 2.75) is 32.2 Å². The molecule has 3 heterocycles. The minimum Gasteiger partial charge on any atom is -0.352 e. The highest BCUT2D eigenvalue weighted by molar-refractivity contribution is 6.06. The number of anilines is 2. The third-order valence-electron chi connectivity index (χ3n) is 5.88. The fraction of sp³-hybridized carbons (Fsp3) is 0.435. The molecule has 2 aliphatic heterocycles. The molecule has 0 spiro atoms. The molecule has 30 heavy (non-hydrogen) atoms. The summed E-state index contributed by atoms with van der Waals surface area (Å²) in [7, 11) is 0. The van der Waals surface area contributed by atoms with Crippen molar-refractivity contribution in [3.8, 4) is 0 Å². The number of aromatic nitrogens is 1. The number of hydrogen-bond donors (Lipinski definition) is 2. The van der Waals surface area contributed by atoms with E-state index in [-0.39, 0.29) is 17.9 Å². The van der Waals surface area contributed by atoms with Crippen LogP contribution in [0, 0.1) is 0 Å². The normalized spacial score (nSPS) is 19.4. The molecule has 2 fully saturated rings. The van der Waals surface area contributed by atoms with Crippen LogP contribution < -0.4 is 15.5 Å². The predicted molar refractivity (Wildman–Crippen MR) is 118 cm³/mol. The first-order valence-electron chi connectivity index (χ1n) is 10.8. The minimum absolute atomic E-state index is 0.0169. The maximum Gasteiger partial charge on any atom is 0.255 e. The van der Waals surface area contributed by atoms with Crippen molar-refractivity contribution in [3.63, 3.8) is 0 Å². The molecule has 0 bridgehead atoms. The molecule has 1 unspecified atom stereocenters. The molecule has 2 aliphatic rings. The van der Waals surface area contributed by atoms with Gasteiger partial charge < -0.3 is 20.4 Å². The summed E-state index contributed by atoms with van der Waals surface area (Å²) in [6.07, 6.45) is 4.86. The van der Waals surface area contributed by atoms with Gasteiger partial charge in [-0.15, -0.1) is 0 Å². The second-order valence-corrected chi connectivity index (χ2v) is 8.00. The molecular formula is C23H29N5O2. The van der Waals surface area contributed by atoms with E-state index in [1.807, 2.05) is 23.1 Å². The minimum atomic E-state index is -0.204. The number of nitrogens with zero attached hydrogens (tertiary/aromatic N) is 3. The molecule has 4 rings (SSSR count). The first kappa shape index (κ1) is 20.3. The molecule has 7 nitrogen and oxygen atoms in total. The highest BCUT2D eigenvalue weighted by atomic mass is 16.2. The van der Waals surface area contributed by atoms with Gasteiger partial charge >= 0.3 is 0 Å². The number of nitrogens with one attached hydrogen (secondary N) is 2. The van der Waals surface area contributed by atoms with Gasteiger partial charge in [-0.3, -0.25) is 9.59 Å². The Bertz CT molecular complexity index is 896. The van der Waals surface area contributed by atoms with E-state index >= 15 is 0 Å². The number of carbonyl (C=O) groups is 2. The lowest BCUT2D eigenvalue weighted by Gasteiger charge is -2.34. The van der Waals surface area contributed by atoms with Crippen molar-refractivity contribution in [2.24, 2.45) is 0 Å². The molecule has 1 aromatic carbocycles. The van der Waals surface area contributed by atoms with Crippen LogP contribution in [0.3, 0.4) is 0 Å². The summed E-state index contributed by atoms with van der Waals surface area (Å²) in [4.78, 5) is 34.7. The number of hydrogen-bond acceptors (Lipinski definition) is 5. The average Bonchev–Trinajstić information content (AvgIpc) is 2.80. The van der Waals surface area contributed by atoms with Crippen molar-refractivity contribution < 1.29 is 9.59 Å². The van der Waals surface area contributed by atoms with Crippen molar-refractivity contribution in [1.29, 1.82) is 0 Å². The maximum atomic E-state index is 13.2. The Morgan fingerprint density at radius 3 is 2.57 bits per heavy atom. The Morgan fingerprint density at radius 2 is 1.83 bits per heavy atom. The zero-order valence-corrected chi connectivity index (χ0v) is 17.4. The number of amides is 2. The third kappa shape index (κ3) is 4.46. The third-order valence-corrected chi connectivity index (χ3v) is 5.88. The molecule has 2 saturated heterocycles. The van der Waals surface area contributed by atoms with E-state index < -0.39 is 0 Å². The highest BCUT2D eigenvalue weighted by Crippen LogP contribution is 2.27. The average molecular weight is 408 g/mol.